The van der Waals surface area contributed by atoms with E-state index in [9.17, 15) is 9.50 Å². The first-order valence-electron chi connectivity index (χ1n) is 4.63. The van der Waals surface area contributed by atoms with E-state index < -0.39 is 11.9 Å². The van der Waals surface area contributed by atoms with Crippen molar-refractivity contribution in [3.05, 3.63) is 50.1 Å². The second-order valence-corrected chi connectivity index (χ2v) is 5.12. The highest BCUT2D eigenvalue weighted by atomic mass is 79.9. The summed E-state index contributed by atoms with van der Waals surface area (Å²) in [5, 5.41) is 12.3. The second kappa shape index (κ2) is 4.61. The largest absolute Gasteiger partial charge is 0.381 e. The maximum atomic E-state index is 13.7. The average Bonchev–Trinajstić information content (AvgIpc) is 2.68. The summed E-state index contributed by atoms with van der Waals surface area (Å²) in [6.45, 7) is 1.84. The third-order valence-electron chi connectivity index (χ3n) is 2.15. The van der Waals surface area contributed by atoms with Crippen LogP contribution in [0.4, 0.5) is 4.39 Å². The Labute approximate surface area is 105 Å². The van der Waals surface area contributed by atoms with Crippen molar-refractivity contribution in [1.29, 1.82) is 0 Å². The molecule has 0 aliphatic rings. The van der Waals surface area contributed by atoms with Crippen LogP contribution in [-0.4, -0.2) is 10.1 Å². The van der Waals surface area contributed by atoms with E-state index in [1.54, 1.807) is 18.2 Å². The molecule has 0 spiro atoms. The van der Waals surface area contributed by atoms with Gasteiger partial charge in [-0.15, -0.1) is 11.3 Å². The molecule has 0 saturated carbocycles. The van der Waals surface area contributed by atoms with Crippen molar-refractivity contribution < 1.29 is 9.50 Å². The van der Waals surface area contributed by atoms with Crippen molar-refractivity contribution in [2.75, 3.05) is 0 Å². The molecule has 5 heteroatoms. The van der Waals surface area contributed by atoms with Crippen LogP contribution >= 0.6 is 27.3 Å². The Morgan fingerprint density at radius 1 is 1.50 bits per heavy atom. The van der Waals surface area contributed by atoms with Crippen molar-refractivity contribution in [3.63, 3.8) is 0 Å². The Morgan fingerprint density at radius 3 is 2.88 bits per heavy atom. The number of nitrogens with zero attached hydrogens (tertiary/aromatic N) is 1. The Balaban J connectivity index is 2.41. The van der Waals surface area contributed by atoms with Gasteiger partial charge in [-0.3, -0.25) is 0 Å². The van der Waals surface area contributed by atoms with E-state index >= 15 is 0 Å². The quantitative estimate of drug-likeness (QED) is 0.922. The fourth-order valence-corrected chi connectivity index (χ4v) is 2.54. The minimum atomic E-state index is -1.00. The lowest BCUT2D eigenvalue weighted by Gasteiger charge is -2.09. The van der Waals surface area contributed by atoms with Crippen molar-refractivity contribution >= 4 is 27.3 Å². The number of hydrogen-bond donors (Lipinski definition) is 1. The summed E-state index contributed by atoms with van der Waals surface area (Å²) in [7, 11) is 0. The van der Waals surface area contributed by atoms with Crippen LogP contribution in [0.3, 0.4) is 0 Å². The molecule has 1 aromatic heterocycles. The maximum Gasteiger partial charge on any atom is 0.143 e. The fraction of sp³-hybridized carbons (Fsp3) is 0.182. The van der Waals surface area contributed by atoms with Crippen LogP contribution in [0, 0.1) is 12.7 Å². The van der Waals surface area contributed by atoms with Gasteiger partial charge in [0.2, 0.25) is 0 Å². The van der Waals surface area contributed by atoms with Crippen LogP contribution < -0.4 is 0 Å². The van der Waals surface area contributed by atoms with E-state index in [1.807, 2.05) is 12.3 Å². The zero-order valence-electron chi connectivity index (χ0n) is 8.45. The van der Waals surface area contributed by atoms with Gasteiger partial charge in [0.05, 0.1) is 4.47 Å². The summed E-state index contributed by atoms with van der Waals surface area (Å²) in [4.78, 5) is 4.14. The molecule has 0 fully saturated rings. The predicted molar refractivity (Wildman–Crippen MR) is 65.0 cm³/mol. The first kappa shape index (κ1) is 11.7. The first-order valence-corrected chi connectivity index (χ1v) is 6.31. The molecule has 16 heavy (non-hydrogen) atoms. The van der Waals surface area contributed by atoms with Gasteiger partial charge in [-0.2, -0.15) is 0 Å². The van der Waals surface area contributed by atoms with E-state index in [4.69, 9.17) is 0 Å². The Kier molecular flexibility index (Phi) is 3.37. The third-order valence-corrected chi connectivity index (χ3v) is 3.77. The molecule has 0 radical (unpaired) electrons. The van der Waals surface area contributed by atoms with Crippen LogP contribution in [-0.2, 0) is 0 Å². The SMILES string of the molecule is Cc1csc(C(O)c2cccc(Br)c2F)n1. The zero-order valence-corrected chi connectivity index (χ0v) is 10.8. The molecule has 0 amide bonds. The maximum absolute atomic E-state index is 13.7. The van der Waals surface area contributed by atoms with Gasteiger partial charge in [0, 0.05) is 16.6 Å². The number of aliphatic hydroxyl groups is 1. The summed E-state index contributed by atoms with van der Waals surface area (Å²) in [5.74, 6) is -0.442. The van der Waals surface area contributed by atoms with Gasteiger partial charge in [-0.05, 0) is 28.9 Å². The summed E-state index contributed by atoms with van der Waals surface area (Å²) in [5.41, 5.74) is 1.07. The van der Waals surface area contributed by atoms with Gasteiger partial charge in [0.15, 0.2) is 0 Å². The van der Waals surface area contributed by atoms with Gasteiger partial charge >= 0.3 is 0 Å². The van der Waals surface area contributed by atoms with Gasteiger partial charge in [0.1, 0.15) is 16.9 Å². The number of halogens is 2. The lowest BCUT2D eigenvalue weighted by atomic mass is 10.1. The molecular weight excluding hydrogens is 293 g/mol. The van der Waals surface area contributed by atoms with Crippen LogP contribution in [0.15, 0.2) is 28.1 Å². The fourth-order valence-electron chi connectivity index (χ4n) is 1.36. The number of aliphatic hydroxyl groups excluding tert-OH is 1. The van der Waals surface area contributed by atoms with Crippen molar-refractivity contribution in [2.45, 2.75) is 13.0 Å². The lowest BCUT2D eigenvalue weighted by molar-refractivity contribution is 0.214. The van der Waals surface area contributed by atoms with Crippen LogP contribution in [0.25, 0.3) is 0 Å². The Morgan fingerprint density at radius 2 is 2.25 bits per heavy atom. The second-order valence-electron chi connectivity index (χ2n) is 3.37. The molecule has 0 aliphatic heterocycles. The van der Waals surface area contributed by atoms with Crippen LogP contribution in [0.1, 0.15) is 22.4 Å². The van der Waals surface area contributed by atoms with E-state index in [-0.39, 0.29) is 5.56 Å². The smallest absolute Gasteiger partial charge is 0.143 e. The molecule has 1 heterocycles. The van der Waals surface area contributed by atoms with Crippen LogP contribution in [0.2, 0.25) is 0 Å². The monoisotopic (exact) mass is 301 g/mol. The normalized spacial score (nSPS) is 12.8. The summed E-state index contributed by atoms with van der Waals surface area (Å²) >= 11 is 4.41. The highest BCUT2D eigenvalue weighted by molar-refractivity contribution is 9.10. The Hall–Kier alpha value is -0.780. The Bertz CT molecular complexity index is 514. The van der Waals surface area contributed by atoms with Gasteiger partial charge in [0.25, 0.3) is 0 Å². The number of hydrogen-bond acceptors (Lipinski definition) is 3. The molecule has 0 aliphatic carbocycles. The number of thiazole rings is 1. The highest BCUT2D eigenvalue weighted by Crippen LogP contribution is 2.29. The minimum Gasteiger partial charge on any atom is -0.381 e. The molecule has 2 rings (SSSR count). The zero-order chi connectivity index (χ0) is 11.7. The first-order chi connectivity index (χ1) is 7.59. The van der Waals surface area contributed by atoms with Gasteiger partial charge in [-0.25, -0.2) is 9.37 Å². The topological polar surface area (TPSA) is 33.1 Å². The van der Waals surface area contributed by atoms with Gasteiger partial charge in [-0.1, -0.05) is 12.1 Å². The molecular formula is C11H9BrFNOS. The highest BCUT2D eigenvalue weighted by Gasteiger charge is 2.19. The molecule has 1 atom stereocenters. The predicted octanol–water partition coefficient (Wildman–Crippen LogP) is 3.43. The van der Waals surface area contributed by atoms with E-state index in [2.05, 4.69) is 20.9 Å². The number of aromatic nitrogens is 1. The van der Waals surface area contributed by atoms with E-state index in [0.29, 0.717) is 9.48 Å². The average molecular weight is 302 g/mol. The van der Waals surface area contributed by atoms with E-state index in [0.717, 1.165) is 5.69 Å². The summed E-state index contributed by atoms with van der Waals surface area (Å²) < 4.78 is 14.1. The molecule has 1 unspecified atom stereocenters. The molecule has 0 saturated heterocycles. The standard InChI is InChI=1S/C11H9BrFNOS/c1-6-5-16-11(14-6)10(15)7-3-2-4-8(12)9(7)13/h2-5,10,15H,1H3. The molecule has 0 bridgehead atoms. The van der Waals surface area contributed by atoms with Crippen molar-refractivity contribution in [1.82, 2.24) is 4.98 Å². The number of benzene rings is 1. The van der Waals surface area contributed by atoms with Crippen molar-refractivity contribution in [2.24, 2.45) is 0 Å². The summed E-state index contributed by atoms with van der Waals surface area (Å²) in [6, 6.07) is 4.84. The van der Waals surface area contributed by atoms with E-state index in [1.165, 1.54) is 11.3 Å². The third kappa shape index (κ3) is 2.16. The molecule has 2 nitrogen and oxygen atoms in total. The lowest BCUT2D eigenvalue weighted by Crippen LogP contribution is -2.02. The summed E-state index contributed by atoms with van der Waals surface area (Å²) in [6.07, 6.45) is -1.00. The minimum absolute atomic E-state index is 0.240. The van der Waals surface area contributed by atoms with Gasteiger partial charge < -0.3 is 5.11 Å². The van der Waals surface area contributed by atoms with Crippen LogP contribution in [0.5, 0.6) is 0 Å². The molecule has 1 N–H and O–H groups in total. The molecule has 84 valence electrons. The number of rotatable bonds is 2. The molecule has 1 aromatic carbocycles. The molecule has 2 aromatic rings. The van der Waals surface area contributed by atoms with Crippen molar-refractivity contribution in [3.8, 4) is 0 Å². The number of aryl methyl sites for hydroxylation is 1.